The fourth-order valence-corrected chi connectivity index (χ4v) is 3.06. The molecule has 1 aromatic rings. The van der Waals surface area contributed by atoms with Crippen molar-refractivity contribution in [3.8, 4) is 0 Å². The molecule has 1 amide bonds. The first-order valence-electron chi connectivity index (χ1n) is 5.93. The van der Waals surface area contributed by atoms with Gasteiger partial charge in [0.2, 0.25) is 0 Å². The number of hydrogen-bond donors (Lipinski definition) is 1. The Kier molecular flexibility index (Phi) is 4.14. The van der Waals surface area contributed by atoms with Crippen molar-refractivity contribution in [1.82, 2.24) is 8.61 Å². The Morgan fingerprint density at radius 2 is 1.80 bits per heavy atom. The van der Waals surface area contributed by atoms with E-state index in [0.29, 0.717) is 0 Å². The minimum atomic E-state index is -3.60. The molecule has 0 fully saturated rings. The van der Waals surface area contributed by atoms with Gasteiger partial charge in [0, 0.05) is 12.4 Å². The van der Waals surface area contributed by atoms with E-state index >= 15 is 0 Å². The lowest BCUT2D eigenvalue weighted by Gasteiger charge is -2.21. The third kappa shape index (κ3) is 3.21. The summed E-state index contributed by atoms with van der Waals surface area (Å²) in [7, 11) is -3.60. The van der Waals surface area contributed by atoms with E-state index in [2.05, 4.69) is 4.74 Å². The zero-order valence-electron chi connectivity index (χ0n) is 10.7. The molecule has 1 aliphatic heterocycles. The monoisotopic (exact) mass is 297 g/mol. The zero-order chi connectivity index (χ0) is 14.6. The number of hydrogen-bond acceptors (Lipinski definition) is 4. The highest BCUT2D eigenvalue weighted by Crippen LogP contribution is 2.20. The molecule has 2 rings (SSSR count). The molecule has 108 valence electrons. The molecule has 8 heteroatoms. The molecule has 2 N–H and O–H groups in total. The first-order valence-corrected chi connectivity index (χ1v) is 7.33. The second-order valence-electron chi connectivity index (χ2n) is 4.11. The van der Waals surface area contributed by atoms with Gasteiger partial charge in [0.25, 0.3) is 0 Å². The first kappa shape index (κ1) is 14.2. The maximum atomic E-state index is 12.2. The Morgan fingerprint density at radius 1 is 1.15 bits per heavy atom. The van der Waals surface area contributed by atoms with Crippen LogP contribution >= 0.6 is 0 Å². The molecule has 0 unspecified atom stereocenters. The topological polar surface area (TPSA) is 92.9 Å². The van der Waals surface area contributed by atoms with Crippen LogP contribution in [0.2, 0.25) is 0 Å². The minimum Gasteiger partial charge on any atom is -0.448 e. The van der Waals surface area contributed by atoms with Gasteiger partial charge in [-0.3, -0.25) is 8.61 Å². The third-order valence-electron chi connectivity index (χ3n) is 2.73. The minimum absolute atomic E-state index is 0.0348. The number of ether oxygens (including phenoxy) is 1. The molecule has 1 heterocycles. The Balaban J connectivity index is 1.98. The van der Waals surface area contributed by atoms with Crippen molar-refractivity contribution in [2.24, 2.45) is 5.73 Å². The van der Waals surface area contributed by atoms with E-state index in [1.54, 1.807) is 0 Å². The number of primary amides is 1. The zero-order valence-corrected chi connectivity index (χ0v) is 11.5. The van der Waals surface area contributed by atoms with Crippen LogP contribution in [0.25, 0.3) is 0 Å². The normalized spacial score (nSPS) is 16.4. The fourth-order valence-electron chi connectivity index (χ4n) is 1.76. The summed E-state index contributed by atoms with van der Waals surface area (Å²) in [6.07, 6.45) is 1.99. The molecule has 0 aliphatic carbocycles. The summed E-state index contributed by atoms with van der Waals surface area (Å²) in [5.41, 5.74) is 5.70. The van der Waals surface area contributed by atoms with Crippen molar-refractivity contribution < 1.29 is 17.9 Å². The Labute approximate surface area is 117 Å². The summed E-state index contributed by atoms with van der Waals surface area (Å²) < 4.78 is 31.3. The van der Waals surface area contributed by atoms with Crippen molar-refractivity contribution >= 4 is 16.3 Å². The van der Waals surface area contributed by atoms with E-state index in [1.807, 2.05) is 30.3 Å². The van der Waals surface area contributed by atoms with Crippen molar-refractivity contribution in [2.75, 3.05) is 13.2 Å². The van der Waals surface area contributed by atoms with Crippen molar-refractivity contribution in [2.45, 2.75) is 6.54 Å². The van der Waals surface area contributed by atoms with Crippen LogP contribution in [0.4, 0.5) is 4.79 Å². The van der Waals surface area contributed by atoms with Gasteiger partial charge in [-0.15, -0.1) is 0 Å². The standard InChI is InChI=1S/C12H15N3O4S/c13-12(16)19-9-8-14-6-7-15(20(14,17)18)10-11-4-2-1-3-5-11/h1-7H,8-10H2,(H2,13,16). The Hall–Kier alpha value is -2.22. The molecule has 0 atom stereocenters. The molecule has 7 nitrogen and oxygen atoms in total. The number of carbonyl (C=O) groups is 1. The lowest BCUT2D eigenvalue weighted by atomic mass is 10.2. The molecule has 0 bridgehead atoms. The van der Waals surface area contributed by atoms with Gasteiger partial charge in [0.15, 0.2) is 0 Å². The highest BCUT2D eigenvalue weighted by Gasteiger charge is 2.30. The fraction of sp³-hybridized carbons (Fsp3) is 0.250. The molecular weight excluding hydrogens is 282 g/mol. The maximum Gasteiger partial charge on any atom is 0.404 e. The van der Waals surface area contributed by atoms with Crippen LogP contribution in [0, 0.1) is 0 Å². The average molecular weight is 297 g/mol. The Morgan fingerprint density at radius 3 is 2.45 bits per heavy atom. The van der Waals surface area contributed by atoms with Crippen LogP contribution in [-0.4, -0.2) is 36.3 Å². The van der Waals surface area contributed by atoms with Gasteiger partial charge < -0.3 is 10.5 Å². The van der Waals surface area contributed by atoms with E-state index < -0.39 is 16.3 Å². The van der Waals surface area contributed by atoms with E-state index in [0.717, 1.165) is 9.87 Å². The quantitative estimate of drug-likeness (QED) is 0.862. The second-order valence-corrected chi connectivity index (χ2v) is 5.95. The summed E-state index contributed by atoms with van der Waals surface area (Å²) >= 11 is 0. The molecule has 1 aliphatic rings. The van der Waals surface area contributed by atoms with Crippen LogP contribution in [0.3, 0.4) is 0 Å². The number of rotatable bonds is 5. The van der Waals surface area contributed by atoms with Crippen molar-refractivity contribution in [3.05, 3.63) is 48.3 Å². The third-order valence-corrected chi connectivity index (χ3v) is 4.47. The molecule has 20 heavy (non-hydrogen) atoms. The lowest BCUT2D eigenvalue weighted by Crippen LogP contribution is -2.35. The molecule has 0 spiro atoms. The molecule has 0 radical (unpaired) electrons. The van der Waals surface area contributed by atoms with Crippen LogP contribution in [0.15, 0.2) is 42.7 Å². The summed E-state index contributed by atoms with van der Waals surface area (Å²) in [6.45, 7) is 0.206. The van der Waals surface area contributed by atoms with Gasteiger partial charge in [-0.25, -0.2) is 4.79 Å². The van der Waals surface area contributed by atoms with Gasteiger partial charge in [-0.05, 0) is 5.56 Å². The van der Waals surface area contributed by atoms with Gasteiger partial charge in [-0.2, -0.15) is 8.42 Å². The lowest BCUT2D eigenvalue weighted by molar-refractivity contribution is 0.153. The van der Waals surface area contributed by atoms with E-state index in [9.17, 15) is 13.2 Å². The summed E-state index contributed by atoms with van der Waals surface area (Å²) in [4.78, 5) is 10.4. The number of nitrogens with zero attached hydrogens (tertiary/aromatic N) is 2. The average Bonchev–Trinajstić information content (AvgIpc) is 2.67. The molecule has 0 saturated carbocycles. The summed E-state index contributed by atoms with van der Waals surface area (Å²) in [6, 6.07) is 9.26. The van der Waals surface area contributed by atoms with Gasteiger partial charge in [0.05, 0.1) is 13.1 Å². The van der Waals surface area contributed by atoms with E-state index in [1.165, 1.54) is 16.7 Å². The highest BCUT2D eigenvalue weighted by molar-refractivity contribution is 7.87. The molecule has 0 aromatic heterocycles. The van der Waals surface area contributed by atoms with Gasteiger partial charge in [0.1, 0.15) is 6.61 Å². The largest absolute Gasteiger partial charge is 0.448 e. The van der Waals surface area contributed by atoms with E-state index in [4.69, 9.17) is 5.73 Å². The van der Waals surface area contributed by atoms with Crippen LogP contribution in [0.1, 0.15) is 5.56 Å². The second kappa shape index (κ2) is 5.83. The number of carbonyl (C=O) groups excluding carboxylic acids is 1. The van der Waals surface area contributed by atoms with Crippen LogP contribution in [-0.2, 0) is 21.5 Å². The highest BCUT2D eigenvalue weighted by atomic mass is 32.2. The van der Waals surface area contributed by atoms with Crippen LogP contribution in [0.5, 0.6) is 0 Å². The molecule has 0 saturated heterocycles. The summed E-state index contributed by atoms with van der Waals surface area (Å²) in [5, 5.41) is 0. The smallest absolute Gasteiger partial charge is 0.404 e. The van der Waals surface area contributed by atoms with Gasteiger partial charge in [-0.1, -0.05) is 30.3 Å². The van der Waals surface area contributed by atoms with Gasteiger partial charge >= 0.3 is 16.3 Å². The first-order chi connectivity index (χ1) is 9.50. The van der Waals surface area contributed by atoms with Crippen LogP contribution < -0.4 is 5.73 Å². The number of benzene rings is 1. The predicted molar refractivity (Wildman–Crippen MR) is 72.3 cm³/mol. The number of nitrogens with two attached hydrogens (primary N) is 1. The Bertz CT molecular complexity index is 600. The van der Waals surface area contributed by atoms with Crippen molar-refractivity contribution in [3.63, 3.8) is 0 Å². The van der Waals surface area contributed by atoms with E-state index in [-0.39, 0.29) is 19.7 Å². The SMILES string of the molecule is NC(=O)OCCN1C=CN(Cc2ccccc2)S1(=O)=O. The van der Waals surface area contributed by atoms with Crippen molar-refractivity contribution in [1.29, 1.82) is 0 Å². The number of amides is 1. The predicted octanol–water partition coefficient (Wildman–Crippen LogP) is 0.615. The summed E-state index contributed by atoms with van der Waals surface area (Å²) in [5.74, 6) is 0. The molecule has 1 aromatic carbocycles. The molecular formula is C12H15N3O4S. The maximum absolute atomic E-state index is 12.2.